The molecule has 5 heteroatoms. The fourth-order valence-electron chi connectivity index (χ4n) is 6.82. The largest absolute Gasteiger partial charge is 0.311 e. The maximum atomic E-state index is 13.9. The predicted octanol–water partition coefficient (Wildman–Crippen LogP) is 7.91. The number of benzene rings is 6. The van der Waals surface area contributed by atoms with Crippen molar-refractivity contribution in [2.24, 2.45) is 0 Å². The zero-order chi connectivity index (χ0) is 29.3. The lowest BCUT2D eigenvalue weighted by molar-refractivity contribution is 0.0926. The molecule has 43 heavy (non-hydrogen) atoms. The van der Waals surface area contributed by atoms with Crippen molar-refractivity contribution >= 4 is 63.8 Å². The molecule has 0 unspecified atom stereocenters. The van der Waals surface area contributed by atoms with Gasteiger partial charge in [0, 0.05) is 17.1 Å². The molecular weight excluding hydrogens is 545 g/mol. The molecular formula is C38H28N2O2Si. The Balaban J connectivity index is 1.17. The third-order valence-electron chi connectivity index (χ3n) is 8.99. The number of carbonyl (C=O) groups excluding carboxylic acids is 2. The standard InChI is InChI=1S/C38H28N2O2Si/c1-43(2)35-16-7-5-14-33(35)39(34-15-6-8-17-36(34)43)28-22-23-31-32(24-28)38(42)40(37(31)41)27-20-18-26(19-21-27)30-13-9-11-25-10-3-4-12-29(25)30/h3-24H,1-2H3. The number of fused-ring (bicyclic) bond motifs is 4. The minimum Gasteiger partial charge on any atom is -0.311 e. The molecule has 0 saturated heterocycles. The van der Waals surface area contributed by atoms with Gasteiger partial charge >= 0.3 is 0 Å². The highest BCUT2D eigenvalue weighted by molar-refractivity contribution is 7.02. The van der Waals surface area contributed by atoms with Gasteiger partial charge in [0.05, 0.1) is 16.8 Å². The second-order valence-electron chi connectivity index (χ2n) is 11.7. The Kier molecular flexibility index (Phi) is 5.55. The number of hydrogen-bond donors (Lipinski definition) is 0. The summed E-state index contributed by atoms with van der Waals surface area (Å²) in [6.45, 7) is 4.77. The molecule has 0 aliphatic carbocycles. The molecule has 2 amide bonds. The van der Waals surface area contributed by atoms with E-state index in [0.717, 1.165) is 33.6 Å². The van der Waals surface area contributed by atoms with E-state index in [1.807, 2.05) is 48.5 Å². The SMILES string of the molecule is C[Si]1(C)c2ccccc2N(c2ccc3c(c2)C(=O)N(c2ccc(-c4cccc5ccccc45)cc2)C3=O)c2ccccc21. The summed E-state index contributed by atoms with van der Waals surface area (Å²) in [6, 6.07) is 45.0. The zero-order valence-corrected chi connectivity index (χ0v) is 24.9. The van der Waals surface area contributed by atoms with E-state index in [2.05, 4.69) is 96.9 Å². The van der Waals surface area contributed by atoms with E-state index in [1.54, 1.807) is 6.07 Å². The van der Waals surface area contributed by atoms with Crippen LogP contribution in [0.3, 0.4) is 0 Å². The molecule has 8 rings (SSSR count). The van der Waals surface area contributed by atoms with Gasteiger partial charge < -0.3 is 4.90 Å². The Morgan fingerprint density at radius 3 is 1.79 bits per heavy atom. The fourth-order valence-corrected chi connectivity index (χ4v) is 9.80. The Hall–Kier alpha value is -5.26. The third-order valence-corrected chi connectivity index (χ3v) is 12.5. The van der Waals surface area contributed by atoms with Crippen molar-refractivity contribution in [1.82, 2.24) is 0 Å². The van der Waals surface area contributed by atoms with Gasteiger partial charge in [0.2, 0.25) is 0 Å². The van der Waals surface area contributed by atoms with E-state index in [9.17, 15) is 9.59 Å². The lowest BCUT2D eigenvalue weighted by Gasteiger charge is -2.41. The predicted molar refractivity (Wildman–Crippen MR) is 178 cm³/mol. The van der Waals surface area contributed by atoms with Crippen LogP contribution in [0.1, 0.15) is 20.7 Å². The molecule has 206 valence electrons. The van der Waals surface area contributed by atoms with Gasteiger partial charge in [-0.05, 0) is 74.7 Å². The number of rotatable bonds is 3. The van der Waals surface area contributed by atoms with Crippen LogP contribution in [0.25, 0.3) is 21.9 Å². The van der Waals surface area contributed by atoms with E-state index < -0.39 is 8.07 Å². The number of amides is 2. The monoisotopic (exact) mass is 572 g/mol. The molecule has 2 aliphatic rings. The molecule has 0 bridgehead atoms. The molecule has 0 spiro atoms. The molecule has 6 aromatic rings. The number of hydrogen-bond acceptors (Lipinski definition) is 3. The average molecular weight is 573 g/mol. The maximum Gasteiger partial charge on any atom is 0.266 e. The molecule has 0 fully saturated rings. The van der Waals surface area contributed by atoms with Gasteiger partial charge in [-0.15, -0.1) is 0 Å². The topological polar surface area (TPSA) is 40.6 Å². The lowest BCUT2D eigenvalue weighted by atomic mass is 9.98. The molecule has 0 N–H and O–H groups in total. The Morgan fingerprint density at radius 2 is 1.07 bits per heavy atom. The van der Waals surface area contributed by atoms with Gasteiger partial charge in [-0.2, -0.15) is 0 Å². The third kappa shape index (κ3) is 3.75. The van der Waals surface area contributed by atoms with Crippen molar-refractivity contribution in [2.45, 2.75) is 13.1 Å². The summed E-state index contributed by atoms with van der Waals surface area (Å²) in [5, 5.41) is 5.04. The van der Waals surface area contributed by atoms with Crippen LogP contribution in [0.15, 0.2) is 133 Å². The van der Waals surface area contributed by atoms with Crippen molar-refractivity contribution in [3.8, 4) is 11.1 Å². The Labute approximate surface area is 251 Å². The zero-order valence-electron chi connectivity index (χ0n) is 23.9. The fraction of sp³-hybridized carbons (Fsp3) is 0.0526. The van der Waals surface area contributed by atoms with E-state index in [0.29, 0.717) is 16.8 Å². The van der Waals surface area contributed by atoms with Crippen LogP contribution in [-0.4, -0.2) is 19.9 Å². The van der Waals surface area contributed by atoms with Crippen LogP contribution in [0.5, 0.6) is 0 Å². The highest BCUT2D eigenvalue weighted by atomic mass is 28.3. The average Bonchev–Trinajstić information content (AvgIpc) is 3.29. The summed E-state index contributed by atoms with van der Waals surface area (Å²) in [4.78, 5) is 31.0. The molecule has 6 aromatic carbocycles. The minimum absolute atomic E-state index is 0.294. The molecule has 2 aliphatic heterocycles. The van der Waals surface area contributed by atoms with E-state index >= 15 is 0 Å². The van der Waals surface area contributed by atoms with Crippen molar-refractivity contribution < 1.29 is 9.59 Å². The van der Waals surface area contributed by atoms with E-state index in [1.165, 1.54) is 20.7 Å². The summed E-state index contributed by atoms with van der Waals surface area (Å²) < 4.78 is 0. The Morgan fingerprint density at radius 1 is 0.488 bits per heavy atom. The first kappa shape index (κ1) is 25.4. The van der Waals surface area contributed by atoms with Crippen LogP contribution >= 0.6 is 0 Å². The number of para-hydroxylation sites is 2. The first-order valence-corrected chi connectivity index (χ1v) is 17.5. The summed E-state index contributed by atoms with van der Waals surface area (Å²) in [6.07, 6.45) is 0. The van der Waals surface area contributed by atoms with Gasteiger partial charge in [-0.3, -0.25) is 9.59 Å². The van der Waals surface area contributed by atoms with Gasteiger partial charge in [0.25, 0.3) is 11.8 Å². The summed E-state index contributed by atoms with van der Waals surface area (Å²) in [5.74, 6) is -0.592. The highest BCUT2D eigenvalue weighted by Gasteiger charge is 2.40. The molecule has 4 nitrogen and oxygen atoms in total. The highest BCUT2D eigenvalue weighted by Crippen LogP contribution is 2.40. The molecule has 2 heterocycles. The van der Waals surface area contributed by atoms with Gasteiger partial charge in [0.1, 0.15) is 8.07 Å². The molecule has 0 saturated carbocycles. The van der Waals surface area contributed by atoms with Crippen molar-refractivity contribution in [3.63, 3.8) is 0 Å². The van der Waals surface area contributed by atoms with E-state index in [4.69, 9.17) is 0 Å². The summed E-state index contributed by atoms with van der Waals surface area (Å²) in [5.41, 5.74) is 6.72. The van der Waals surface area contributed by atoms with Crippen LogP contribution in [-0.2, 0) is 0 Å². The number of carbonyl (C=O) groups is 2. The quantitative estimate of drug-likeness (QED) is 0.160. The first-order chi connectivity index (χ1) is 20.9. The van der Waals surface area contributed by atoms with Crippen molar-refractivity contribution in [2.75, 3.05) is 9.80 Å². The maximum absolute atomic E-state index is 13.9. The van der Waals surface area contributed by atoms with Crippen LogP contribution in [0.4, 0.5) is 22.7 Å². The second kappa shape index (κ2) is 9.38. The van der Waals surface area contributed by atoms with Gasteiger partial charge in [-0.1, -0.05) is 104 Å². The van der Waals surface area contributed by atoms with Crippen molar-refractivity contribution in [1.29, 1.82) is 0 Å². The van der Waals surface area contributed by atoms with Crippen molar-refractivity contribution in [3.05, 3.63) is 145 Å². The normalized spacial score (nSPS) is 14.9. The first-order valence-electron chi connectivity index (χ1n) is 14.5. The van der Waals surface area contributed by atoms with Crippen LogP contribution < -0.4 is 20.2 Å². The van der Waals surface area contributed by atoms with Gasteiger partial charge in [0.15, 0.2) is 0 Å². The molecule has 0 aromatic heterocycles. The lowest BCUT2D eigenvalue weighted by Crippen LogP contribution is -2.58. The Bertz CT molecular complexity index is 2060. The van der Waals surface area contributed by atoms with E-state index in [-0.39, 0.29) is 11.8 Å². The smallest absolute Gasteiger partial charge is 0.266 e. The number of anilines is 4. The summed E-state index contributed by atoms with van der Waals surface area (Å²) in [7, 11) is -1.92. The minimum atomic E-state index is -1.92. The molecule has 0 atom stereocenters. The second-order valence-corrected chi connectivity index (χ2v) is 16.1. The van der Waals surface area contributed by atoms with Crippen LogP contribution in [0.2, 0.25) is 13.1 Å². The number of imide groups is 1. The van der Waals surface area contributed by atoms with Gasteiger partial charge in [-0.25, -0.2) is 4.90 Å². The van der Waals surface area contributed by atoms with Crippen LogP contribution in [0, 0.1) is 0 Å². The summed E-state index contributed by atoms with van der Waals surface area (Å²) >= 11 is 0. The molecule has 0 radical (unpaired) electrons. The number of nitrogens with zero attached hydrogens (tertiary/aromatic N) is 2.